The minimum atomic E-state index is -0.0930. The summed E-state index contributed by atoms with van der Waals surface area (Å²) in [5.41, 5.74) is -0.0930. The first-order valence-electron chi connectivity index (χ1n) is 3.79. The van der Waals surface area contributed by atoms with E-state index in [1.807, 2.05) is 18.2 Å². The van der Waals surface area contributed by atoms with Gasteiger partial charge in [0.05, 0.1) is 0 Å². The summed E-state index contributed by atoms with van der Waals surface area (Å²) in [4.78, 5) is 10.5. The first-order chi connectivity index (χ1) is 6.34. The van der Waals surface area contributed by atoms with Crippen molar-refractivity contribution in [2.75, 3.05) is 0 Å². The molecule has 0 radical (unpaired) electrons. The summed E-state index contributed by atoms with van der Waals surface area (Å²) in [6, 6.07) is 6.94. The summed E-state index contributed by atoms with van der Waals surface area (Å²) in [7, 11) is 0. The quantitative estimate of drug-likeness (QED) is 0.736. The molecule has 1 unspecified atom stereocenters. The maximum absolute atomic E-state index is 9.04. The fraction of sp³-hybridized carbons (Fsp3) is 0.111. The molecule has 0 aromatic heterocycles. The Hall–Kier alpha value is -1.13. The van der Waals surface area contributed by atoms with Crippen molar-refractivity contribution in [2.24, 2.45) is 0 Å². The van der Waals surface area contributed by atoms with Crippen LogP contribution in [0.3, 0.4) is 0 Å². The lowest BCUT2D eigenvalue weighted by molar-refractivity contribution is -0.231. The minimum absolute atomic E-state index is 0.0930. The lowest BCUT2D eigenvalue weighted by Gasteiger charge is -2.04. The highest BCUT2D eigenvalue weighted by atomic mass is 32.2. The molecule has 1 atom stereocenters. The average Bonchev–Trinajstić information content (AvgIpc) is 2.62. The molecule has 68 valence electrons. The Bertz CT molecular complexity index is 307. The number of aromatic hydroxyl groups is 1. The molecule has 1 aromatic carbocycles. The van der Waals surface area contributed by atoms with Crippen molar-refractivity contribution in [2.45, 2.75) is 10.3 Å². The van der Waals surface area contributed by atoms with E-state index in [0.717, 1.165) is 4.90 Å². The molecular formula is C9H8O3S. The Morgan fingerprint density at radius 1 is 1.23 bits per heavy atom. The Kier molecular flexibility index (Phi) is 2.42. The van der Waals surface area contributed by atoms with E-state index in [2.05, 4.69) is 4.89 Å². The van der Waals surface area contributed by atoms with E-state index in [9.17, 15) is 0 Å². The van der Waals surface area contributed by atoms with Gasteiger partial charge in [-0.1, -0.05) is 11.8 Å². The monoisotopic (exact) mass is 196 g/mol. The third-order valence-electron chi connectivity index (χ3n) is 1.53. The Balaban J connectivity index is 2.01. The van der Waals surface area contributed by atoms with E-state index in [-0.39, 0.29) is 11.2 Å². The molecule has 13 heavy (non-hydrogen) atoms. The molecule has 3 nitrogen and oxygen atoms in total. The topological polar surface area (TPSA) is 38.7 Å². The molecule has 0 amide bonds. The van der Waals surface area contributed by atoms with Gasteiger partial charge in [-0.3, -0.25) is 0 Å². The molecule has 1 N–H and O–H groups in total. The SMILES string of the molecule is Oc1ccc(SC2C=COO2)cc1. The van der Waals surface area contributed by atoms with Crippen LogP contribution in [0.4, 0.5) is 0 Å². The predicted molar refractivity (Wildman–Crippen MR) is 49.1 cm³/mol. The van der Waals surface area contributed by atoms with Gasteiger partial charge < -0.3 is 9.99 Å². The van der Waals surface area contributed by atoms with Crippen LogP contribution in [-0.2, 0) is 9.78 Å². The van der Waals surface area contributed by atoms with Crippen molar-refractivity contribution >= 4 is 11.8 Å². The number of benzene rings is 1. The van der Waals surface area contributed by atoms with Gasteiger partial charge in [-0.15, -0.1) is 0 Å². The van der Waals surface area contributed by atoms with Crippen LogP contribution in [0.5, 0.6) is 5.75 Å². The number of rotatable bonds is 2. The summed E-state index contributed by atoms with van der Waals surface area (Å²) in [5, 5.41) is 9.04. The van der Waals surface area contributed by atoms with Crippen LogP contribution in [0.15, 0.2) is 41.5 Å². The van der Waals surface area contributed by atoms with Crippen LogP contribution >= 0.6 is 11.8 Å². The van der Waals surface area contributed by atoms with Crippen LogP contribution in [0.2, 0.25) is 0 Å². The van der Waals surface area contributed by atoms with Crippen LogP contribution < -0.4 is 0 Å². The highest BCUT2D eigenvalue weighted by Gasteiger charge is 2.12. The van der Waals surface area contributed by atoms with Crippen molar-refractivity contribution < 1.29 is 14.9 Å². The summed E-state index contributed by atoms with van der Waals surface area (Å²) >= 11 is 1.51. The maximum Gasteiger partial charge on any atom is 0.176 e. The van der Waals surface area contributed by atoms with Crippen LogP contribution in [0.25, 0.3) is 0 Å². The van der Waals surface area contributed by atoms with Crippen molar-refractivity contribution in [1.29, 1.82) is 0 Å². The molecule has 0 saturated heterocycles. The van der Waals surface area contributed by atoms with Gasteiger partial charge >= 0.3 is 0 Å². The predicted octanol–water partition coefficient (Wildman–Crippen LogP) is 2.29. The molecule has 0 saturated carbocycles. The van der Waals surface area contributed by atoms with E-state index >= 15 is 0 Å². The third kappa shape index (κ3) is 2.17. The molecule has 0 aliphatic carbocycles. The Morgan fingerprint density at radius 3 is 2.62 bits per heavy atom. The highest BCUT2D eigenvalue weighted by Crippen LogP contribution is 2.28. The zero-order valence-corrected chi connectivity index (χ0v) is 7.53. The normalized spacial score (nSPS) is 20.2. The summed E-state index contributed by atoms with van der Waals surface area (Å²) in [6.45, 7) is 0. The lowest BCUT2D eigenvalue weighted by Crippen LogP contribution is -1.96. The van der Waals surface area contributed by atoms with E-state index in [0.29, 0.717) is 0 Å². The first-order valence-corrected chi connectivity index (χ1v) is 4.67. The van der Waals surface area contributed by atoms with Crippen molar-refractivity contribution in [3.63, 3.8) is 0 Å². The van der Waals surface area contributed by atoms with E-state index in [1.165, 1.54) is 18.0 Å². The zero-order chi connectivity index (χ0) is 9.10. The highest BCUT2D eigenvalue weighted by molar-refractivity contribution is 8.00. The van der Waals surface area contributed by atoms with Crippen molar-refractivity contribution in [3.8, 4) is 5.75 Å². The standard InChI is InChI=1S/C9H8O3S/c10-7-1-3-8(4-2-7)13-9-5-6-11-12-9/h1-6,9-10H. The van der Waals surface area contributed by atoms with Crippen molar-refractivity contribution in [1.82, 2.24) is 0 Å². The first kappa shape index (κ1) is 8.47. The third-order valence-corrected chi connectivity index (χ3v) is 2.54. The van der Waals surface area contributed by atoms with Crippen LogP contribution in [-0.4, -0.2) is 10.5 Å². The van der Waals surface area contributed by atoms with Gasteiger partial charge in [0.1, 0.15) is 12.0 Å². The molecule has 4 heteroatoms. The van der Waals surface area contributed by atoms with Gasteiger partial charge in [-0.2, -0.15) is 4.89 Å². The fourth-order valence-corrected chi connectivity index (χ4v) is 1.72. The zero-order valence-electron chi connectivity index (χ0n) is 6.71. The average molecular weight is 196 g/mol. The second-order valence-corrected chi connectivity index (χ2v) is 3.67. The molecule has 0 fully saturated rings. The number of hydrogen-bond acceptors (Lipinski definition) is 4. The molecule has 1 heterocycles. The summed E-state index contributed by atoms with van der Waals surface area (Å²) < 4.78 is 0. The van der Waals surface area contributed by atoms with Gasteiger partial charge in [0.2, 0.25) is 0 Å². The van der Waals surface area contributed by atoms with Gasteiger partial charge in [0.25, 0.3) is 0 Å². The number of hydrogen-bond donors (Lipinski definition) is 1. The molecular weight excluding hydrogens is 188 g/mol. The molecule has 1 aromatic rings. The van der Waals surface area contributed by atoms with Crippen LogP contribution in [0.1, 0.15) is 0 Å². The van der Waals surface area contributed by atoms with Crippen molar-refractivity contribution in [3.05, 3.63) is 36.6 Å². The van der Waals surface area contributed by atoms with E-state index in [4.69, 9.17) is 9.99 Å². The van der Waals surface area contributed by atoms with Crippen LogP contribution in [0, 0.1) is 0 Å². The largest absolute Gasteiger partial charge is 0.508 e. The van der Waals surface area contributed by atoms with Gasteiger partial charge in [-0.25, -0.2) is 0 Å². The lowest BCUT2D eigenvalue weighted by atomic mass is 10.3. The van der Waals surface area contributed by atoms with Gasteiger partial charge in [0.15, 0.2) is 5.44 Å². The second kappa shape index (κ2) is 3.72. The van der Waals surface area contributed by atoms with Gasteiger partial charge in [-0.05, 0) is 30.3 Å². The summed E-state index contributed by atoms with van der Waals surface area (Å²) in [6.07, 6.45) is 3.33. The Labute approximate surface area is 79.9 Å². The molecule has 1 aliphatic heterocycles. The van der Waals surface area contributed by atoms with Gasteiger partial charge in [0, 0.05) is 4.90 Å². The minimum Gasteiger partial charge on any atom is -0.508 e. The molecule has 2 rings (SSSR count). The number of phenolic OH excluding ortho intramolecular Hbond substituents is 1. The smallest absolute Gasteiger partial charge is 0.176 e. The second-order valence-electron chi connectivity index (χ2n) is 2.50. The summed E-state index contributed by atoms with van der Waals surface area (Å²) in [5.74, 6) is 0.267. The van der Waals surface area contributed by atoms with E-state index < -0.39 is 0 Å². The Morgan fingerprint density at radius 2 is 2.00 bits per heavy atom. The maximum atomic E-state index is 9.04. The molecule has 1 aliphatic rings. The number of phenols is 1. The number of thioether (sulfide) groups is 1. The fourth-order valence-electron chi connectivity index (χ4n) is 0.933. The van der Waals surface area contributed by atoms with E-state index in [1.54, 1.807) is 12.1 Å². The molecule has 0 bridgehead atoms. The molecule has 0 spiro atoms.